The van der Waals surface area contributed by atoms with Crippen LogP contribution in [-0.4, -0.2) is 57.9 Å². The van der Waals surface area contributed by atoms with Crippen LogP contribution >= 0.6 is 0 Å². The number of aliphatic imine (C=N–C) groups is 1. The third-order valence-corrected chi connectivity index (χ3v) is 8.25. The van der Waals surface area contributed by atoms with Crippen molar-refractivity contribution in [3.63, 3.8) is 0 Å². The minimum absolute atomic E-state index is 0.102. The summed E-state index contributed by atoms with van der Waals surface area (Å²) >= 11 is 0. The largest absolute Gasteiger partial charge is 0.486 e. The maximum atomic E-state index is 13.1. The molecule has 2 unspecified atom stereocenters. The molecule has 1 aromatic rings. The normalized spacial score (nSPS) is 26.3. The zero-order valence-corrected chi connectivity index (χ0v) is 20.7. The quantitative estimate of drug-likeness (QED) is 0.668. The summed E-state index contributed by atoms with van der Waals surface area (Å²) in [6.07, 6.45) is 11.7. The van der Waals surface area contributed by atoms with Gasteiger partial charge in [0.15, 0.2) is 9.84 Å². The van der Waals surface area contributed by atoms with Crippen molar-refractivity contribution < 1.29 is 17.9 Å². The number of benzene rings is 1. The fourth-order valence-corrected chi connectivity index (χ4v) is 5.79. The number of piperidine rings is 1. The Labute approximate surface area is 202 Å². The molecule has 0 aromatic heterocycles. The number of carbonyl (C=O) groups excluding carboxylic acids is 1. The Morgan fingerprint density at radius 1 is 1.29 bits per heavy atom. The van der Waals surface area contributed by atoms with Crippen molar-refractivity contribution in [3.8, 4) is 0 Å². The summed E-state index contributed by atoms with van der Waals surface area (Å²) in [4.78, 5) is 19.1. The van der Waals surface area contributed by atoms with E-state index in [1.54, 1.807) is 35.5 Å². The Balaban J connectivity index is 1.31. The van der Waals surface area contributed by atoms with Crippen molar-refractivity contribution in [1.82, 2.24) is 10.2 Å². The van der Waals surface area contributed by atoms with Gasteiger partial charge in [-0.3, -0.25) is 9.79 Å². The molecule has 182 valence electrons. The van der Waals surface area contributed by atoms with Gasteiger partial charge in [0.05, 0.1) is 16.2 Å². The first-order valence-electron chi connectivity index (χ1n) is 11.7. The van der Waals surface area contributed by atoms with Crippen molar-refractivity contribution in [1.29, 1.82) is 0 Å². The van der Waals surface area contributed by atoms with Crippen LogP contribution < -0.4 is 5.32 Å². The van der Waals surface area contributed by atoms with Gasteiger partial charge in [0.2, 0.25) is 0 Å². The molecule has 34 heavy (non-hydrogen) atoms. The van der Waals surface area contributed by atoms with Crippen LogP contribution in [0.4, 0.5) is 0 Å². The number of amides is 1. The van der Waals surface area contributed by atoms with E-state index >= 15 is 0 Å². The topological polar surface area (TPSA) is 88.1 Å². The van der Waals surface area contributed by atoms with E-state index < -0.39 is 9.84 Å². The lowest BCUT2D eigenvalue weighted by Gasteiger charge is -2.33. The van der Waals surface area contributed by atoms with Gasteiger partial charge in [0.1, 0.15) is 12.4 Å². The molecule has 1 aliphatic carbocycles. The highest BCUT2D eigenvalue weighted by Crippen LogP contribution is 2.59. The Kier molecular flexibility index (Phi) is 6.98. The average molecular weight is 484 g/mol. The average Bonchev–Trinajstić information content (AvgIpc) is 3.46. The second kappa shape index (κ2) is 9.78. The summed E-state index contributed by atoms with van der Waals surface area (Å²) in [5, 5.41) is 3.46. The van der Waals surface area contributed by atoms with E-state index in [9.17, 15) is 13.2 Å². The summed E-state index contributed by atoms with van der Waals surface area (Å²) in [5.74, 6) is 1.28. The summed E-state index contributed by atoms with van der Waals surface area (Å²) < 4.78 is 30.0. The number of allylic oxidation sites excluding steroid dienone is 2. The number of nitrogens with one attached hydrogen (secondary N) is 1. The molecule has 1 amide bonds. The van der Waals surface area contributed by atoms with Crippen LogP contribution in [0.25, 0.3) is 0 Å². The van der Waals surface area contributed by atoms with E-state index in [4.69, 9.17) is 4.74 Å². The molecular formula is C26H33N3O4S. The van der Waals surface area contributed by atoms with Crippen LogP contribution in [0.3, 0.4) is 0 Å². The molecular weight excluding hydrogens is 450 g/mol. The molecule has 1 saturated heterocycles. The molecule has 2 atom stereocenters. The van der Waals surface area contributed by atoms with Crippen molar-refractivity contribution in [2.24, 2.45) is 22.2 Å². The molecule has 1 spiro atoms. The van der Waals surface area contributed by atoms with Gasteiger partial charge in [0, 0.05) is 38.3 Å². The summed E-state index contributed by atoms with van der Waals surface area (Å²) in [6, 6.07) is 6.47. The lowest BCUT2D eigenvalue weighted by atomic mass is 9.90. The van der Waals surface area contributed by atoms with Gasteiger partial charge in [0.25, 0.3) is 5.91 Å². The van der Waals surface area contributed by atoms with Crippen LogP contribution in [0.1, 0.15) is 36.5 Å². The predicted octanol–water partition coefficient (Wildman–Crippen LogP) is 3.57. The highest BCUT2D eigenvalue weighted by Gasteiger charge is 2.54. The molecule has 1 N–H and O–H groups in total. The van der Waals surface area contributed by atoms with E-state index in [1.165, 1.54) is 6.07 Å². The molecule has 4 rings (SSSR count). The summed E-state index contributed by atoms with van der Waals surface area (Å²) in [5.41, 5.74) is 1.29. The molecule has 8 heteroatoms. The number of hydrogen-bond acceptors (Lipinski definition) is 6. The Morgan fingerprint density at radius 2 is 2.03 bits per heavy atom. The molecule has 1 saturated carbocycles. The number of rotatable bonds is 6. The lowest BCUT2D eigenvalue weighted by Crippen LogP contribution is -2.40. The van der Waals surface area contributed by atoms with Gasteiger partial charge in [-0.2, -0.15) is 0 Å². The second-order valence-electron chi connectivity index (χ2n) is 9.56. The minimum Gasteiger partial charge on any atom is -0.486 e. The second-order valence-corrected chi connectivity index (χ2v) is 11.5. The van der Waals surface area contributed by atoms with Crippen molar-refractivity contribution in [3.05, 3.63) is 66.2 Å². The van der Waals surface area contributed by atoms with E-state index in [1.807, 2.05) is 12.2 Å². The molecule has 3 aliphatic rings. The maximum absolute atomic E-state index is 13.1. The number of ether oxygens (including phenoxy) is 1. The molecule has 1 aromatic carbocycles. The minimum atomic E-state index is -3.46. The van der Waals surface area contributed by atoms with E-state index in [0.717, 1.165) is 43.5 Å². The standard InChI is InChI=1S/C26H33N3O4S/c1-19-8-11-27-12-15-33-23(16-19)20(2)28-18-21-17-26(21)9-13-29(14-10-26)25(30)22-6-4-5-7-24(22)34(3,31)32/h4-8,11-12,16,19,21,28H,2,9-10,13-15,17-18H2,1,3H3/b11-8-,23-16-,27-12?. The Bertz CT molecular complexity index is 1140. The van der Waals surface area contributed by atoms with E-state index in [2.05, 4.69) is 23.8 Å². The highest BCUT2D eigenvalue weighted by molar-refractivity contribution is 7.90. The zero-order chi connectivity index (χ0) is 24.3. The number of nitrogens with zero attached hydrogens (tertiary/aromatic N) is 2. The molecule has 2 aliphatic heterocycles. The first-order chi connectivity index (χ1) is 16.2. The van der Waals surface area contributed by atoms with E-state index in [0.29, 0.717) is 25.6 Å². The van der Waals surface area contributed by atoms with Gasteiger partial charge >= 0.3 is 0 Å². The number of likely N-dealkylation sites (tertiary alicyclic amines) is 1. The smallest absolute Gasteiger partial charge is 0.255 e. The molecule has 2 fully saturated rings. The van der Waals surface area contributed by atoms with Crippen LogP contribution in [0.15, 0.2) is 70.5 Å². The highest BCUT2D eigenvalue weighted by atomic mass is 32.2. The molecule has 0 radical (unpaired) electrons. The van der Waals surface area contributed by atoms with Crippen LogP contribution in [-0.2, 0) is 14.6 Å². The summed E-state index contributed by atoms with van der Waals surface area (Å²) in [7, 11) is -3.46. The van der Waals surface area contributed by atoms with Crippen LogP contribution in [0.2, 0.25) is 0 Å². The van der Waals surface area contributed by atoms with Crippen LogP contribution in [0.5, 0.6) is 0 Å². The fraction of sp³-hybridized carbons (Fsp3) is 0.462. The van der Waals surface area contributed by atoms with Gasteiger partial charge in [-0.25, -0.2) is 8.42 Å². The van der Waals surface area contributed by atoms with Gasteiger partial charge in [-0.15, -0.1) is 0 Å². The molecule has 7 nitrogen and oxygen atoms in total. The molecule has 2 heterocycles. The lowest BCUT2D eigenvalue weighted by molar-refractivity contribution is 0.0665. The first-order valence-corrected chi connectivity index (χ1v) is 13.6. The van der Waals surface area contributed by atoms with Gasteiger partial charge < -0.3 is 15.0 Å². The Hall–Kier alpha value is -2.87. The summed E-state index contributed by atoms with van der Waals surface area (Å²) in [6.45, 7) is 8.77. The monoisotopic (exact) mass is 483 g/mol. The number of carbonyl (C=O) groups is 1. The maximum Gasteiger partial charge on any atom is 0.255 e. The van der Waals surface area contributed by atoms with E-state index in [-0.39, 0.29) is 27.7 Å². The predicted molar refractivity (Wildman–Crippen MR) is 133 cm³/mol. The zero-order valence-electron chi connectivity index (χ0n) is 19.9. The SMILES string of the molecule is C=C(NCC1CC12CCN(C(=O)c1ccccc1S(C)(=O)=O)CC2)/C1=C/C(C)/C=C\N=CCO1. The van der Waals surface area contributed by atoms with Crippen molar-refractivity contribution >= 4 is 22.0 Å². The van der Waals surface area contributed by atoms with Gasteiger partial charge in [-0.1, -0.05) is 31.7 Å². The fourth-order valence-electron chi connectivity index (χ4n) is 4.91. The van der Waals surface area contributed by atoms with Crippen LogP contribution in [0, 0.1) is 17.3 Å². The van der Waals surface area contributed by atoms with Gasteiger partial charge in [-0.05, 0) is 54.7 Å². The third-order valence-electron chi connectivity index (χ3n) is 7.09. The third kappa shape index (κ3) is 5.43. The first kappa shape index (κ1) is 24.3. The number of hydrogen-bond donors (Lipinski definition) is 1. The van der Waals surface area contributed by atoms with Crippen molar-refractivity contribution in [2.45, 2.75) is 31.1 Å². The molecule has 0 bridgehead atoms. The number of sulfone groups is 1. The van der Waals surface area contributed by atoms with Crippen molar-refractivity contribution in [2.75, 3.05) is 32.5 Å². The Morgan fingerprint density at radius 3 is 2.76 bits per heavy atom.